The van der Waals surface area contributed by atoms with Gasteiger partial charge in [0.1, 0.15) is 15.9 Å². The summed E-state index contributed by atoms with van der Waals surface area (Å²) in [5.74, 6) is -0.447. The van der Waals surface area contributed by atoms with Gasteiger partial charge < -0.3 is 19.6 Å². The maximum atomic E-state index is 13.1. The van der Waals surface area contributed by atoms with E-state index in [1.807, 2.05) is 86.0 Å². The maximum Gasteiger partial charge on any atom is 0.338 e. The number of phenolic OH excluding ortho intramolecular Hbond substituents is 1. The molecule has 1 heterocycles. The van der Waals surface area contributed by atoms with E-state index in [0.717, 1.165) is 6.08 Å². The number of benzene rings is 3. The molecule has 0 spiro atoms. The van der Waals surface area contributed by atoms with Gasteiger partial charge >= 0.3 is 5.97 Å². The lowest BCUT2D eigenvalue weighted by molar-refractivity contribution is -0.116. The number of carbonyl (C=O) groups is 2. The zero-order valence-corrected chi connectivity index (χ0v) is 25.3. The number of nitrogens with one attached hydrogen (secondary N) is 1. The third-order valence-corrected chi connectivity index (χ3v) is 8.28. The highest BCUT2D eigenvalue weighted by Crippen LogP contribution is 2.46. The third kappa shape index (κ3) is 4.98. The van der Waals surface area contributed by atoms with Gasteiger partial charge in [-0.05, 0) is 110 Å². The van der Waals surface area contributed by atoms with Crippen LogP contribution in [0.15, 0.2) is 58.3 Å². The van der Waals surface area contributed by atoms with Crippen molar-refractivity contribution in [3.63, 3.8) is 0 Å². The van der Waals surface area contributed by atoms with Crippen LogP contribution in [-0.4, -0.2) is 30.1 Å². The number of carbonyl (C=O) groups excluding carboxylic acids is 2. The Morgan fingerprint density at radius 2 is 1.86 bits per heavy atom. The molecule has 2 aliphatic rings. The van der Waals surface area contributed by atoms with E-state index in [1.54, 1.807) is 25.1 Å². The van der Waals surface area contributed by atoms with Crippen LogP contribution in [0, 0.1) is 17.6 Å². The second-order valence-corrected chi connectivity index (χ2v) is 11.1. The lowest BCUT2D eigenvalue weighted by Crippen LogP contribution is -2.26. The van der Waals surface area contributed by atoms with Gasteiger partial charge in [0, 0.05) is 16.5 Å². The Morgan fingerprint density at radius 1 is 1.14 bits per heavy atom. The van der Waals surface area contributed by atoms with Gasteiger partial charge in [-0.3, -0.25) is 9.59 Å². The molecule has 2 N–H and O–H groups in total. The Kier molecular flexibility index (Phi) is 8.24. The van der Waals surface area contributed by atoms with Gasteiger partial charge in [0.05, 0.1) is 19.2 Å². The van der Waals surface area contributed by atoms with Crippen LogP contribution in [0.25, 0.3) is 33.4 Å². The van der Waals surface area contributed by atoms with Crippen LogP contribution >= 0.6 is 67.8 Å². The van der Waals surface area contributed by atoms with Gasteiger partial charge in [0.15, 0.2) is 11.3 Å². The Hall–Kier alpha value is -2.20. The van der Waals surface area contributed by atoms with E-state index in [9.17, 15) is 19.5 Å². The molecule has 184 valence electrons. The van der Waals surface area contributed by atoms with E-state index in [-0.39, 0.29) is 30.2 Å². The van der Waals surface area contributed by atoms with Crippen molar-refractivity contribution in [3.05, 3.63) is 81.1 Å². The molecule has 0 radical (unpaired) electrons. The molecule has 36 heavy (non-hydrogen) atoms. The average molecular weight is 821 g/mol. The van der Waals surface area contributed by atoms with E-state index in [0.29, 0.717) is 55.3 Å². The zero-order chi connectivity index (χ0) is 26.1. The van der Waals surface area contributed by atoms with Crippen LogP contribution in [0.5, 0.6) is 5.75 Å². The molecule has 0 bridgehead atoms. The van der Waals surface area contributed by atoms with Crippen LogP contribution in [0.2, 0.25) is 0 Å². The van der Waals surface area contributed by atoms with Crippen molar-refractivity contribution in [2.45, 2.75) is 6.92 Å². The SMILES string of the molecule is C=CC(=O)NCCOC(=O)c1ccccc1-c1c2cc(I)c(=O)c(I)c-2oc2c(I)c(O)c(C)cc12. The van der Waals surface area contributed by atoms with Crippen molar-refractivity contribution in [1.82, 2.24) is 5.32 Å². The number of halogens is 3. The molecule has 4 rings (SSSR count). The van der Waals surface area contributed by atoms with Crippen molar-refractivity contribution in [2.24, 2.45) is 0 Å². The molecule has 2 aromatic rings. The molecule has 1 aliphatic heterocycles. The van der Waals surface area contributed by atoms with E-state index < -0.39 is 5.97 Å². The summed E-state index contributed by atoms with van der Waals surface area (Å²) in [5, 5.41) is 13.8. The number of phenols is 1. The predicted octanol–water partition coefficient (Wildman–Crippen LogP) is 5.85. The number of hydrogen-bond acceptors (Lipinski definition) is 6. The van der Waals surface area contributed by atoms with Gasteiger partial charge in [-0.2, -0.15) is 0 Å². The Morgan fingerprint density at radius 3 is 2.58 bits per heavy atom. The topological polar surface area (TPSA) is 106 Å². The lowest BCUT2D eigenvalue weighted by atomic mass is 9.90. The molecular formula is C26H18I3NO6. The first kappa shape index (κ1) is 26.9. The molecule has 2 aromatic carbocycles. The maximum absolute atomic E-state index is 13.1. The first-order valence-electron chi connectivity index (χ1n) is 10.6. The summed E-state index contributed by atoms with van der Waals surface area (Å²) < 4.78 is 13.1. The number of fused-ring (bicyclic) bond motifs is 2. The molecular weight excluding hydrogens is 803 g/mol. The highest BCUT2D eigenvalue weighted by Gasteiger charge is 2.27. The van der Waals surface area contributed by atoms with Crippen molar-refractivity contribution in [2.75, 3.05) is 13.2 Å². The average Bonchev–Trinajstić information content (AvgIpc) is 2.87. The van der Waals surface area contributed by atoms with Gasteiger partial charge in [0.25, 0.3) is 0 Å². The Labute approximate surface area is 247 Å². The molecule has 0 aromatic heterocycles. The predicted molar refractivity (Wildman–Crippen MR) is 163 cm³/mol. The summed E-state index contributed by atoms with van der Waals surface area (Å²) in [6.45, 7) is 5.31. The third-order valence-electron chi connectivity index (χ3n) is 5.50. The summed E-state index contributed by atoms with van der Waals surface area (Å²) in [6, 6.07) is 10.6. The number of ether oxygens (including phenoxy) is 1. The van der Waals surface area contributed by atoms with Gasteiger partial charge in [-0.1, -0.05) is 24.8 Å². The normalized spacial score (nSPS) is 11.0. The second kappa shape index (κ2) is 11.0. The molecule has 0 atom stereocenters. The van der Waals surface area contributed by atoms with Gasteiger partial charge in [0.2, 0.25) is 11.3 Å². The fourth-order valence-electron chi connectivity index (χ4n) is 3.79. The van der Waals surface area contributed by atoms with Gasteiger partial charge in [-0.15, -0.1) is 0 Å². The van der Waals surface area contributed by atoms with E-state index in [1.165, 1.54) is 0 Å². The quantitative estimate of drug-likeness (QED) is 0.0832. The molecule has 0 saturated carbocycles. The van der Waals surface area contributed by atoms with Crippen molar-refractivity contribution in [3.8, 4) is 28.2 Å². The minimum Gasteiger partial charge on any atom is -0.506 e. The zero-order valence-electron chi connectivity index (χ0n) is 18.8. The minimum atomic E-state index is -0.560. The molecule has 0 unspecified atom stereocenters. The van der Waals surface area contributed by atoms with Crippen LogP contribution in [0.4, 0.5) is 0 Å². The van der Waals surface area contributed by atoms with Crippen LogP contribution in [0.3, 0.4) is 0 Å². The molecule has 1 aliphatic carbocycles. The molecule has 1 amide bonds. The molecule has 7 nitrogen and oxygen atoms in total. The summed E-state index contributed by atoms with van der Waals surface area (Å²) in [7, 11) is 0. The summed E-state index contributed by atoms with van der Waals surface area (Å²) in [4.78, 5) is 37.2. The standard InChI is InChI=1S/C26H18I3NO6/c1-3-18(31)30-8-9-35-26(34)14-7-5-4-6-13(14)19-15-10-12(2)22(32)20(28)24(15)36-25-16(19)11-17(27)23(33)21(25)29/h3-7,10-11,32H,1,8-9H2,2H3,(H,30,31). The smallest absolute Gasteiger partial charge is 0.338 e. The molecule has 10 heteroatoms. The highest BCUT2D eigenvalue weighted by molar-refractivity contribution is 14.1. The van der Waals surface area contributed by atoms with Crippen LogP contribution < -0.4 is 10.7 Å². The largest absolute Gasteiger partial charge is 0.506 e. The van der Waals surface area contributed by atoms with E-state index in [2.05, 4.69) is 11.9 Å². The van der Waals surface area contributed by atoms with Crippen molar-refractivity contribution in [1.29, 1.82) is 0 Å². The van der Waals surface area contributed by atoms with Crippen LogP contribution in [0.1, 0.15) is 15.9 Å². The van der Waals surface area contributed by atoms with Crippen molar-refractivity contribution < 1.29 is 23.8 Å². The minimum absolute atomic E-state index is 0.0153. The number of amides is 1. The van der Waals surface area contributed by atoms with E-state index in [4.69, 9.17) is 9.15 Å². The lowest BCUT2D eigenvalue weighted by Gasteiger charge is -2.20. The summed E-state index contributed by atoms with van der Waals surface area (Å²) in [6.07, 6.45) is 1.14. The highest BCUT2D eigenvalue weighted by atomic mass is 127. The Balaban J connectivity index is 1.96. The van der Waals surface area contributed by atoms with Crippen molar-refractivity contribution >= 4 is 90.6 Å². The number of aryl methyl sites for hydroxylation is 1. The monoisotopic (exact) mass is 821 g/mol. The molecule has 0 fully saturated rings. The fraction of sp³-hybridized carbons (Fsp3) is 0.115. The number of hydrogen-bond donors (Lipinski definition) is 2. The first-order valence-corrected chi connectivity index (χ1v) is 13.8. The summed E-state index contributed by atoms with van der Waals surface area (Å²) in [5.41, 5.74) is 3.16. The first-order chi connectivity index (χ1) is 17.1. The second-order valence-electron chi connectivity index (χ2n) is 7.76. The molecule has 0 saturated heterocycles. The fourth-order valence-corrected chi connectivity index (χ4v) is 6.40. The van der Waals surface area contributed by atoms with Crippen LogP contribution in [-0.2, 0) is 9.53 Å². The number of rotatable bonds is 6. The van der Waals surface area contributed by atoms with Gasteiger partial charge in [-0.25, -0.2) is 4.79 Å². The van der Waals surface area contributed by atoms with E-state index >= 15 is 0 Å². The summed E-state index contributed by atoms with van der Waals surface area (Å²) >= 11 is 5.98. The number of aromatic hydroxyl groups is 1. The number of esters is 1. The Bertz CT molecular complexity index is 1580.